The molecule has 0 aliphatic rings. The quantitative estimate of drug-likeness (QED) is 0.716. The van der Waals surface area contributed by atoms with E-state index >= 15 is 0 Å². The number of rotatable bonds is 2. The SMILES string of the molecule is COc1ccc(C)cc1C(C)(C)C#N. The molecular formula is C12H15NO. The lowest BCUT2D eigenvalue weighted by Gasteiger charge is -2.19. The molecule has 74 valence electrons. The van der Waals surface area contributed by atoms with Crippen LogP contribution < -0.4 is 4.74 Å². The van der Waals surface area contributed by atoms with Crippen LogP contribution in [0.15, 0.2) is 18.2 Å². The number of nitriles is 1. The van der Waals surface area contributed by atoms with E-state index in [2.05, 4.69) is 6.07 Å². The van der Waals surface area contributed by atoms with Crippen molar-refractivity contribution in [3.05, 3.63) is 29.3 Å². The summed E-state index contributed by atoms with van der Waals surface area (Å²) in [6, 6.07) is 8.17. The molecule has 0 aliphatic heterocycles. The fourth-order valence-electron chi connectivity index (χ4n) is 1.37. The molecule has 0 heterocycles. The molecule has 0 aromatic heterocycles. The van der Waals surface area contributed by atoms with Crippen molar-refractivity contribution < 1.29 is 4.74 Å². The summed E-state index contributed by atoms with van der Waals surface area (Å²) >= 11 is 0. The normalized spacial score (nSPS) is 10.8. The Bertz CT molecular complexity index is 374. The smallest absolute Gasteiger partial charge is 0.123 e. The second-order valence-corrected chi connectivity index (χ2v) is 3.94. The number of ether oxygens (including phenoxy) is 1. The average Bonchev–Trinajstić information content (AvgIpc) is 2.18. The molecule has 14 heavy (non-hydrogen) atoms. The molecule has 2 heteroatoms. The largest absolute Gasteiger partial charge is 0.496 e. The number of methoxy groups -OCH3 is 1. The predicted octanol–water partition coefficient (Wildman–Crippen LogP) is 2.80. The summed E-state index contributed by atoms with van der Waals surface area (Å²) in [6.45, 7) is 5.80. The predicted molar refractivity (Wildman–Crippen MR) is 56.4 cm³/mol. The van der Waals surface area contributed by atoms with Crippen LogP contribution in [-0.4, -0.2) is 7.11 Å². The van der Waals surface area contributed by atoms with E-state index in [0.717, 1.165) is 16.9 Å². The Morgan fingerprint density at radius 1 is 1.36 bits per heavy atom. The Labute approximate surface area is 85.1 Å². The maximum Gasteiger partial charge on any atom is 0.123 e. The zero-order valence-corrected chi connectivity index (χ0v) is 9.09. The van der Waals surface area contributed by atoms with Gasteiger partial charge in [0.2, 0.25) is 0 Å². The molecule has 0 spiro atoms. The van der Waals surface area contributed by atoms with Crippen molar-refractivity contribution in [1.82, 2.24) is 0 Å². The van der Waals surface area contributed by atoms with E-state index in [0.29, 0.717) is 0 Å². The van der Waals surface area contributed by atoms with Crippen molar-refractivity contribution in [3.8, 4) is 11.8 Å². The van der Waals surface area contributed by atoms with Crippen LogP contribution in [0, 0.1) is 18.3 Å². The fraction of sp³-hybridized carbons (Fsp3) is 0.417. The first-order valence-corrected chi connectivity index (χ1v) is 4.57. The Morgan fingerprint density at radius 2 is 2.00 bits per heavy atom. The van der Waals surface area contributed by atoms with E-state index in [9.17, 15) is 0 Å². The second-order valence-electron chi connectivity index (χ2n) is 3.94. The van der Waals surface area contributed by atoms with Crippen LogP contribution in [-0.2, 0) is 5.41 Å². The third kappa shape index (κ3) is 1.88. The molecular weight excluding hydrogens is 174 g/mol. The van der Waals surface area contributed by atoms with Crippen molar-refractivity contribution in [2.45, 2.75) is 26.2 Å². The van der Waals surface area contributed by atoms with Crippen LogP contribution >= 0.6 is 0 Å². The minimum Gasteiger partial charge on any atom is -0.496 e. The molecule has 0 radical (unpaired) electrons. The van der Waals surface area contributed by atoms with Gasteiger partial charge in [0.05, 0.1) is 18.6 Å². The van der Waals surface area contributed by atoms with E-state index in [1.807, 2.05) is 39.0 Å². The lowest BCUT2D eigenvalue weighted by Crippen LogP contribution is -2.15. The summed E-state index contributed by atoms with van der Waals surface area (Å²) in [6.07, 6.45) is 0. The average molecular weight is 189 g/mol. The zero-order chi connectivity index (χ0) is 10.8. The van der Waals surface area contributed by atoms with Gasteiger partial charge in [-0.1, -0.05) is 17.7 Å². The monoisotopic (exact) mass is 189 g/mol. The van der Waals surface area contributed by atoms with E-state index < -0.39 is 5.41 Å². The van der Waals surface area contributed by atoms with Gasteiger partial charge >= 0.3 is 0 Å². The number of hydrogen-bond acceptors (Lipinski definition) is 2. The van der Waals surface area contributed by atoms with Crippen molar-refractivity contribution in [3.63, 3.8) is 0 Å². The van der Waals surface area contributed by atoms with Crippen molar-refractivity contribution in [2.24, 2.45) is 0 Å². The molecule has 1 aromatic rings. The summed E-state index contributed by atoms with van der Waals surface area (Å²) in [5.74, 6) is 0.780. The molecule has 0 saturated carbocycles. The van der Waals surface area contributed by atoms with Gasteiger partial charge in [-0.15, -0.1) is 0 Å². The summed E-state index contributed by atoms with van der Waals surface area (Å²) in [5, 5.41) is 9.05. The first kappa shape index (κ1) is 10.6. The van der Waals surface area contributed by atoms with Crippen LogP contribution in [0.4, 0.5) is 0 Å². The highest BCUT2D eigenvalue weighted by Crippen LogP contribution is 2.31. The maximum absolute atomic E-state index is 9.05. The Hall–Kier alpha value is -1.49. The van der Waals surface area contributed by atoms with Gasteiger partial charge in [0, 0.05) is 5.56 Å². The van der Waals surface area contributed by atoms with Gasteiger partial charge in [0.15, 0.2) is 0 Å². The number of nitrogens with zero attached hydrogens (tertiary/aromatic N) is 1. The summed E-state index contributed by atoms with van der Waals surface area (Å²) in [5.41, 5.74) is 1.59. The van der Waals surface area contributed by atoms with Crippen LogP contribution in [0.2, 0.25) is 0 Å². The molecule has 1 rings (SSSR count). The van der Waals surface area contributed by atoms with Crippen molar-refractivity contribution >= 4 is 0 Å². The Balaban J connectivity index is 3.32. The lowest BCUT2D eigenvalue weighted by atomic mass is 9.85. The standard InChI is InChI=1S/C12H15NO/c1-9-5-6-11(14-4)10(7-9)12(2,3)8-13/h5-7H,1-4H3. The van der Waals surface area contributed by atoms with E-state index in [1.54, 1.807) is 7.11 Å². The molecule has 0 unspecified atom stereocenters. The number of aryl methyl sites for hydroxylation is 1. The van der Waals surface area contributed by atoms with Gasteiger partial charge in [-0.2, -0.15) is 5.26 Å². The van der Waals surface area contributed by atoms with Gasteiger partial charge in [-0.05, 0) is 26.8 Å². The first-order valence-electron chi connectivity index (χ1n) is 4.57. The summed E-state index contributed by atoms with van der Waals surface area (Å²) in [7, 11) is 1.63. The number of benzene rings is 1. The minimum atomic E-state index is -0.503. The molecule has 0 amide bonds. The van der Waals surface area contributed by atoms with Crippen LogP contribution in [0.3, 0.4) is 0 Å². The maximum atomic E-state index is 9.05. The third-order valence-electron chi connectivity index (χ3n) is 2.31. The molecule has 0 atom stereocenters. The molecule has 0 saturated heterocycles. The second kappa shape index (κ2) is 3.71. The molecule has 0 bridgehead atoms. The first-order chi connectivity index (χ1) is 6.51. The molecule has 0 N–H and O–H groups in total. The van der Waals surface area contributed by atoms with E-state index in [4.69, 9.17) is 10.00 Å². The summed E-state index contributed by atoms with van der Waals surface area (Å²) in [4.78, 5) is 0. The Morgan fingerprint density at radius 3 is 2.50 bits per heavy atom. The highest BCUT2D eigenvalue weighted by atomic mass is 16.5. The topological polar surface area (TPSA) is 33.0 Å². The molecule has 0 aliphatic carbocycles. The molecule has 0 fully saturated rings. The van der Waals surface area contributed by atoms with Gasteiger partial charge in [0.25, 0.3) is 0 Å². The van der Waals surface area contributed by atoms with Crippen LogP contribution in [0.25, 0.3) is 0 Å². The van der Waals surface area contributed by atoms with Crippen LogP contribution in [0.1, 0.15) is 25.0 Å². The van der Waals surface area contributed by atoms with Crippen LogP contribution in [0.5, 0.6) is 5.75 Å². The van der Waals surface area contributed by atoms with Gasteiger partial charge in [-0.25, -0.2) is 0 Å². The minimum absolute atomic E-state index is 0.503. The third-order valence-corrected chi connectivity index (χ3v) is 2.31. The molecule has 2 nitrogen and oxygen atoms in total. The summed E-state index contributed by atoms with van der Waals surface area (Å²) < 4.78 is 5.24. The lowest BCUT2D eigenvalue weighted by molar-refractivity contribution is 0.402. The van der Waals surface area contributed by atoms with Crippen molar-refractivity contribution in [1.29, 1.82) is 5.26 Å². The van der Waals surface area contributed by atoms with Gasteiger partial charge in [-0.3, -0.25) is 0 Å². The molecule has 1 aromatic carbocycles. The zero-order valence-electron chi connectivity index (χ0n) is 9.09. The van der Waals surface area contributed by atoms with Gasteiger partial charge in [0.1, 0.15) is 5.75 Å². The van der Waals surface area contributed by atoms with Gasteiger partial charge < -0.3 is 4.74 Å². The van der Waals surface area contributed by atoms with Crippen molar-refractivity contribution in [2.75, 3.05) is 7.11 Å². The Kier molecular flexibility index (Phi) is 2.81. The highest BCUT2D eigenvalue weighted by molar-refractivity contribution is 5.44. The fourth-order valence-corrected chi connectivity index (χ4v) is 1.37. The van der Waals surface area contributed by atoms with E-state index in [1.165, 1.54) is 0 Å². The highest BCUT2D eigenvalue weighted by Gasteiger charge is 2.23. The van der Waals surface area contributed by atoms with E-state index in [-0.39, 0.29) is 0 Å². The number of hydrogen-bond donors (Lipinski definition) is 0.